The number of likely N-dealkylation sites (N-methyl/N-ethyl adjacent to an activating group) is 2. The minimum atomic E-state index is 0.168. The van der Waals surface area contributed by atoms with E-state index in [1.807, 2.05) is 11.9 Å². The maximum atomic E-state index is 10.6. The molecule has 6 nitrogen and oxygen atoms in total. The zero-order valence-electron chi connectivity index (χ0n) is 8.90. The predicted octanol–water partition coefficient (Wildman–Crippen LogP) is -1.26. The second-order valence-electron chi connectivity index (χ2n) is 3.92. The molecule has 0 aromatic rings. The van der Waals surface area contributed by atoms with Gasteiger partial charge in [-0.2, -0.15) is 0 Å². The summed E-state index contributed by atoms with van der Waals surface area (Å²) < 4.78 is 0. The Morgan fingerprint density at radius 2 is 2.47 bits per heavy atom. The van der Waals surface area contributed by atoms with Crippen molar-refractivity contribution in [2.24, 2.45) is 4.99 Å². The van der Waals surface area contributed by atoms with E-state index in [2.05, 4.69) is 10.3 Å². The molecule has 0 aromatic carbocycles. The van der Waals surface area contributed by atoms with Crippen molar-refractivity contribution in [1.82, 2.24) is 15.1 Å². The monoisotopic (exact) mass is 209 g/mol. The molecule has 0 bridgehead atoms. The van der Waals surface area contributed by atoms with Crippen molar-refractivity contribution in [2.45, 2.75) is 12.1 Å². The molecule has 6 heteroatoms. The molecular weight excluding hydrogens is 194 g/mol. The van der Waals surface area contributed by atoms with Gasteiger partial charge in [0.1, 0.15) is 0 Å². The maximum absolute atomic E-state index is 10.6. The van der Waals surface area contributed by atoms with Gasteiger partial charge in [-0.05, 0) is 0 Å². The third-order valence-corrected chi connectivity index (χ3v) is 2.99. The van der Waals surface area contributed by atoms with Crippen LogP contribution in [0.1, 0.15) is 0 Å². The smallest absolute Gasteiger partial charge is 0.215 e. The molecule has 2 heterocycles. The number of amidine groups is 2. The number of hydrogen-bond acceptors (Lipinski definition) is 5. The molecule has 2 aliphatic rings. The highest BCUT2D eigenvalue weighted by Crippen LogP contribution is 2.19. The lowest BCUT2D eigenvalue weighted by molar-refractivity contribution is -0.114. The van der Waals surface area contributed by atoms with E-state index in [9.17, 15) is 4.79 Å². The Bertz CT molecular complexity index is 326. The van der Waals surface area contributed by atoms with E-state index in [1.54, 1.807) is 7.05 Å². The Kier molecular flexibility index (Phi) is 2.44. The molecule has 15 heavy (non-hydrogen) atoms. The van der Waals surface area contributed by atoms with Crippen LogP contribution in [0.3, 0.4) is 0 Å². The third-order valence-electron chi connectivity index (χ3n) is 2.99. The molecule has 2 unspecified atom stereocenters. The summed E-state index contributed by atoms with van der Waals surface area (Å²) in [6.07, 6.45) is 0.630. The molecule has 1 fully saturated rings. The third kappa shape index (κ3) is 1.50. The van der Waals surface area contributed by atoms with Gasteiger partial charge >= 0.3 is 0 Å². The van der Waals surface area contributed by atoms with Crippen molar-refractivity contribution in [2.75, 3.05) is 27.2 Å². The zero-order chi connectivity index (χ0) is 11.0. The number of rotatable bonds is 2. The lowest BCUT2D eigenvalue weighted by Crippen LogP contribution is -2.44. The van der Waals surface area contributed by atoms with Gasteiger partial charge < -0.3 is 10.2 Å². The molecule has 1 saturated heterocycles. The molecule has 82 valence electrons. The second-order valence-corrected chi connectivity index (χ2v) is 3.92. The lowest BCUT2D eigenvalue weighted by Gasteiger charge is -2.23. The van der Waals surface area contributed by atoms with Crippen LogP contribution in [-0.4, -0.2) is 67.1 Å². The van der Waals surface area contributed by atoms with E-state index >= 15 is 0 Å². The quantitative estimate of drug-likeness (QED) is 0.338. The Morgan fingerprint density at radius 3 is 3.07 bits per heavy atom. The first-order valence-corrected chi connectivity index (χ1v) is 4.93. The van der Waals surface area contributed by atoms with Gasteiger partial charge in [0.2, 0.25) is 6.41 Å². The molecular formula is C9H15N5O. The van der Waals surface area contributed by atoms with Gasteiger partial charge in [0.05, 0.1) is 12.1 Å². The standard InChI is InChI=1S/C9H15N5O/c1-13(5-15)8(10)9-12-6-3-11-4-7(6)14(9)2/h5-7,10-11H,3-4H2,1-2H3. The fraction of sp³-hybridized carbons (Fsp3) is 0.667. The highest BCUT2D eigenvalue weighted by Gasteiger charge is 2.39. The van der Waals surface area contributed by atoms with Gasteiger partial charge in [-0.25, -0.2) is 0 Å². The Labute approximate surface area is 88.5 Å². The minimum Gasteiger partial charge on any atom is -0.350 e. The van der Waals surface area contributed by atoms with Crippen LogP contribution < -0.4 is 5.32 Å². The number of fused-ring (bicyclic) bond motifs is 1. The van der Waals surface area contributed by atoms with E-state index in [-0.39, 0.29) is 11.9 Å². The summed E-state index contributed by atoms with van der Waals surface area (Å²) in [5, 5.41) is 11.1. The second kappa shape index (κ2) is 3.62. The van der Waals surface area contributed by atoms with Gasteiger partial charge in [0.25, 0.3) is 0 Å². The highest BCUT2D eigenvalue weighted by atomic mass is 16.1. The normalized spacial score (nSPS) is 28.7. The topological polar surface area (TPSA) is 71.8 Å². The maximum Gasteiger partial charge on any atom is 0.215 e. The highest BCUT2D eigenvalue weighted by molar-refractivity contribution is 6.40. The van der Waals surface area contributed by atoms with Crippen LogP contribution in [0.5, 0.6) is 0 Å². The summed E-state index contributed by atoms with van der Waals surface area (Å²) in [5.41, 5.74) is 0. The number of nitrogens with one attached hydrogen (secondary N) is 2. The predicted molar refractivity (Wildman–Crippen MR) is 57.2 cm³/mol. The minimum absolute atomic E-state index is 0.168. The number of aliphatic imine (C=N–C) groups is 1. The van der Waals surface area contributed by atoms with Crippen molar-refractivity contribution in [1.29, 1.82) is 5.41 Å². The van der Waals surface area contributed by atoms with Gasteiger partial charge in [-0.15, -0.1) is 0 Å². The first kappa shape index (κ1) is 10.1. The molecule has 0 aromatic heterocycles. The Balaban J connectivity index is 2.17. The molecule has 2 atom stereocenters. The molecule has 2 N–H and O–H groups in total. The molecule has 0 aliphatic carbocycles. The number of amides is 1. The SMILES string of the molecule is CN(C=O)C(=N)C1=NC2CNCC2N1C. The largest absolute Gasteiger partial charge is 0.350 e. The average molecular weight is 209 g/mol. The zero-order valence-corrected chi connectivity index (χ0v) is 8.90. The molecule has 1 amide bonds. The van der Waals surface area contributed by atoms with E-state index in [1.165, 1.54) is 4.90 Å². The van der Waals surface area contributed by atoms with Gasteiger partial charge in [-0.1, -0.05) is 0 Å². The van der Waals surface area contributed by atoms with Gasteiger partial charge in [0, 0.05) is 27.2 Å². The summed E-state index contributed by atoms with van der Waals surface area (Å²) in [5.74, 6) is 0.781. The average Bonchev–Trinajstić information content (AvgIpc) is 2.80. The van der Waals surface area contributed by atoms with Crippen molar-refractivity contribution in [3.05, 3.63) is 0 Å². The number of carbonyl (C=O) groups excluding carboxylic acids is 1. The fourth-order valence-corrected chi connectivity index (χ4v) is 2.02. The van der Waals surface area contributed by atoms with Gasteiger partial charge in [0.15, 0.2) is 11.7 Å². The fourth-order valence-electron chi connectivity index (χ4n) is 2.02. The van der Waals surface area contributed by atoms with Crippen molar-refractivity contribution in [3.8, 4) is 0 Å². The summed E-state index contributed by atoms with van der Waals surface area (Å²) in [6, 6.07) is 0.561. The summed E-state index contributed by atoms with van der Waals surface area (Å²) in [4.78, 5) is 18.2. The summed E-state index contributed by atoms with van der Waals surface area (Å²) in [6.45, 7) is 1.75. The van der Waals surface area contributed by atoms with E-state index in [0.717, 1.165) is 13.1 Å². The van der Waals surface area contributed by atoms with Crippen molar-refractivity contribution in [3.63, 3.8) is 0 Å². The summed E-state index contributed by atoms with van der Waals surface area (Å²) >= 11 is 0. The Hall–Kier alpha value is -1.43. The number of carbonyl (C=O) groups is 1. The number of hydrogen-bond donors (Lipinski definition) is 2. The van der Waals surface area contributed by atoms with E-state index < -0.39 is 0 Å². The van der Waals surface area contributed by atoms with Crippen LogP contribution in [0.2, 0.25) is 0 Å². The molecule has 2 aliphatic heterocycles. The molecule has 0 spiro atoms. The van der Waals surface area contributed by atoms with Crippen LogP contribution >= 0.6 is 0 Å². The first-order valence-electron chi connectivity index (χ1n) is 4.93. The van der Waals surface area contributed by atoms with E-state index in [0.29, 0.717) is 18.3 Å². The van der Waals surface area contributed by atoms with Crippen molar-refractivity contribution >= 4 is 18.1 Å². The van der Waals surface area contributed by atoms with Crippen molar-refractivity contribution < 1.29 is 4.79 Å². The first-order chi connectivity index (χ1) is 7.15. The molecule has 0 saturated carbocycles. The lowest BCUT2D eigenvalue weighted by atomic mass is 10.2. The number of nitrogens with zero attached hydrogens (tertiary/aromatic N) is 3. The van der Waals surface area contributed by atoms with Crippen LogP contribution in [0.25, 0.3) is 0 Å². The van der Waals surface area contributed by atoms with Gasteiger partial charge in [-0.3, -0.25) is 20.1 Å². The van der Waals surface area contributed by atoms with Crippen LogP contribution in [0, 0.1) is 5.41 Å². The van der Waals surface area contributed by atoms with Crippen LogP contribution in [-0.2, 0) is 4.79 Å². The van der Waals surface area contributed by atoms with Crippen LogP contribution in [0.4, 0.5) is 0 Å². The molecule has 2 rings (SSSR count). The molecule has 0 radical (unpaired) electrons. The van der Waals surface area contributed by atoms with Crippen LogP contribution in [0.15, 0.2) is 4.99 Å². The Morgan fingerprint density at radius 1 is 1.73 bits per heavy atom. The van der Waals surface area contributed by atoms with E-state index in [4.69, 9.17) is 5.41 Å². The summed E-state index contributed by atoms with van der Waals surface area (Å²) in [7, 11) is 3.49.